The highest BCUT2D eigenvalue weighted by Crippen LogP contribution is 2.60. The molecule has 2 aromatic carbocycles. The van der Waals surface area contributed by atoms with Crippen LogP contribution < -0.4 is 19.9 Å². The second kappa shape index (κ2) is 12.7. The Bertz CT molecular complexity index is 1840. The van der Waals surface area contributed by atoms with Gasteiger partial charge in [-0.3, -0.25) is 18.8 Å². The van der Waals surface area contributed by atoms with Gasteiger partial charge in [-0.25, -0.2) is 0 Å². The van der Waals surface area contributed by atoms with Gasteiger partial charge in [-0.15, -0.1) is 5.10 Å². The zero-order valence-corrected chi connectivity index (χ0v) is 28.2. The summed E-state index contributed by atoms with van der Waals surface area (Å²) in [5, 5.41) is 17.5. The van der Waals surface area contributed by atoms with Crippen molar-refractivity contribution in [2.75, 3.05) is 25.7 Å². The molecule has 1 amide bonds. The van der Waals surface area contributed by atoms with Gasteiger partial charge in [-0.1, -0.05) is 24.3 Å². The van der Waals surface area contributed by atoms with Crippen LogP contribution >= 0.6 is 0 Å². The number of carbonyl (C=O) groups is 1. The molecule has 1 fully saturated rings. The molecule has 0 aliphatic carbocycles. The minimum atomic E-state index is -3.36. The van der Waals surface area contributed by atoms with Crippen LogP contribution in [0.3, 0.4) is 0 Å². The molecule has 6 rings (SSSR count). The largest absolute Gasteiger partial charge is 0.497 e. The first kappa shape index (κ1) is 32.6. The van der Waals surface area contributed by atoms with Gasteiger partial charge in [-0.2, -0.15) is 0 Å². The molecule has 4 aromatic rings. The maximum atomic E-state index is 16.3. The van der Waals surface area contributed by atoms with Crippen molar-refractivity contribution in [3.8, 4) is 17.2 Å². The summed E-state index contributed by atoms with van der Waals surface area (Å²) in [4.78, 5) is 29.4. The predicted octanol–water partition coefficient (Wildman–Crippen LogP) is 4.39. The summed E-state index contributed by atoms with van der Waals surface area (Å²) in [5.41, 5.74) is 1.25. The van der Waals surface area contributed by atoms with Crippen LogP contribution in [-0.4, -0.2) is 65.9 Å². The van der Waals surface area contributed by atoms with Gasteiger partial charge in [0.1, 0.15) is 5.75 Å². The molecule has 0 radical (unpaired) electrons. The SMILES string of the molecule is COc1ccc2c(c1)[C@]1(O[C@@H](CCn3cc(CCO)nn3)[C@H]([Si](C)(C)F)[C@H]1C)C(=O)N2Cc1cccc(-n2cccc(OC)c2=O)c1. The topological polar surface area (TPSA) is 121 Å². The Morgan fingerprint density at radius 3 is 2.62 bits per heavy atom. The number of aryl methyl sites for hydroxylation is 1. The number of aliphatic hydroxyl groups excluding tert-OH is 1. The highest BCUT2D eigenvalue weighted by Gasteiger charge is 2.66. The van der Waals surface area contributed by atoms with E-state index in [-0.39, 0.29) is 30.4 Å². The highest BCUT2D eigenvalue weighted by molar-refractivity contribution is 6.72. The molecule has 0 bridgehead atoms. The quantitative estimate of drug-likeness (QED) is 0.186. The second-order valence-electron chi connectivity index (χ2n) is 12.7. The number of hydrogen-bond donors (Lipinski definition) is 1. The predicted molar refractivity (Wildman–Crippen MR) is 176 cm³/mol. The van der Waals surface area contributed by atoms with Gasteiger partial charge in [-0.05, 0) is 67.5 Å². The number of pyridine rings is 1. The third-order valence-corrected chi connectivity index (χ3v) is 11.9. The summed E-state index contributed by atoms with van der Waals surface area (Å²) in [5.74, 6) is 0.0743. The zero-order chi connectivity index (χ0) is 33.5. The molecule has 13 heteroatoms. The smallest absolute Gasteiger partial charge is 0.297 e. The van der Waals surface area contributed by atoms with Gasteiger partial charge in [0.05, 0.1) is 38.2 Å². The lowest BCUT2D eigenvalue weighted by molar-refractivity contribution is -0.146. The number of amides is 1. The number of nitrogens with zero attached hydrogens (tertiary/aromatic N) is 5. The summed E-state index contributed by atoms with van der Waals surface area (Å²) in [6, 6.07) is 16.3. The van der Waals surface area contributed by atoms with Gasteiger partial charge >= 0.3 is 0 Å². The summed E-state index contributed by atoms with van der Waals surface area (Å²) >= 11 is 0. The number of carbonyl (C=O) groups excluding carboxylic acids is 1. The number of halogens is 1. The Labute approximate surface area is 273 Å². The number of methoxy groups -OCH3 is 2. The van der Waals surface area contributed by atoms with E-state index >= 15 is 4.11 Å². The van der Waals surface area contributed by atoms with Gasteiger partial charge < -0.3 is 28.3 Å². The number of rotatable bonds is 11. The summed E-state index contributed by atoms with van der Waals surface area (Å²) in [6.45, 7) is 5.88. The molecule has 1 spiro atoms. The zero-order valence-electron chi connectivity index (χ0n) is 27.2. The van der Waals surface area contributed by atoms with Crippen LogP contribution in [0.2, 0.25) is 18.6 Å². The minimum Gasteiger partial charge on any atom is -0.497 e. The standard InChI is InChI=1S/C34H40FN5O6Si/c1-22-31(47(4,5)35)29(13-16-38-21-24(14-17-41)36-37-38)46-34(22)27-19-26(44-2)11-12-28(27)40(33(34)43)20-23-8-6-9-25(18-23)39-15-7-10-30(45-3)32(39)42/h6-12,15,18-19,21-22,29,31,41H,13-14,16-17,20H2,1-5H3/t22-,29+,31-,34+/m1/s1. The third kappa shape index (κ3) is 5.76. The first-order chi connectivity index (χ1) is 22.5. The van der Waals surface area contributed by atoms with Crippen molar-refractivity contribution in [3.05, 3.63) is 94.2 Å². The Hall–Kier alpha value is -4.33. The molecule has 0 unspecified atom stereocenters. The van der Waals surface area contributed by atoms with E-state index in [0.29, 0.717) is 47.8 Å². The van der Waals surface area contributed by atoms with Crippen LogP contribution in [0.25, 0.3) is 5.69 Å². The summed E-state index contributed by atoms with van der Waals surface area (Å²) in [6.07, 6.45) is 3.73. The first-order valence-electron chi connectivity index (χ1n) is 15.7. The maximum absolute atomic E-state index is 16.3. The van der Waals surface area contributed by atoms with Gasteiger partial charge in [0.15, 0.2) is 11.4 Å². The molecule has 248 valence electrons. The van der Waals surface area contributed by atoms with Crippen molar-refractivity contribution in [1.29, 1.82) is 0 Å². The van der Waals surface area contributed by atoms with Crippen molar-refractivity contribution >= 4 is 20.0 Å². The van der Waals surface area contributed by atoms with Crippen LogP contribution in [-0.2, 0) is 34.6 Å². The second-order valence-corrected chi connectivity index (χ2v) is 16.5. The number of benzene rings is 2. The molecule has 47 heavy (non-hydrogen) atoms. The van der Waals surface area contributed by atoms with Gasteiger partial charge in [0, 0.05) is 54.7 Å². The van der Waals surface area contributed by atoms with Crippen molar-refractivity contribution in [2.24, 2.45) is 5.92 Å². The number of aromatic nitrogens is 4. The van der Waals surface area contributed by atoms with Crippen molar-refractivity contribution in [2.45, 2.75) is 63.2 Å². The van der Waals surface area contributed by atoms with E-state index in [9.17, 15) is 14.7 Å². The number of anilines is 1. The summed E-state index contributed by atoms with van der Waals surface area (Å²) < 4.78 is 37.1. The lowest BCUT2D eigenvalue weighted by Gasteiger charge is -2.31. The fourth-order valence-electron chi connectivity index (χ4n) is 7.34. The molecule has 2 aliphatic heterocycles. The Kier molecular flexibility index (Phi) is 8.81. The van der Waals surface area contributed by atoms with Crippen LogP contribution in [0.4, 0.5) is 9.80 Å². The number of aliphatic hydroxyl groups is 1. The van der Waals surface area contributed by atoms with Gasteiger partial charge in [0.2, 0.25) is 8.41 Å². The summed E-state index contributed by atoms with van der Waals surface area (Å²) in [7, 11) is -0.340. The molecule has 4 atom stereocenters. The molecule has 2 aromatic heterocycles. The van der Waals surface area contributed by atoms with Crippen molar-refractivity contribution in [3.63, 3.8) is 0 Å². The van der Waals surface area contributed by atoms with E-state index in [0.717, 1.165) is 5.56 Å². The van der Waals surface area contributed by atoms with Crippen molar-refractivity contribution < 1.29 is 28.2 Å². The van der Waals surface area contributed by atoms with E-state index in [4.69, 9.17) is 14.2 Å². The maximum Gasteiger partial charge on any atom is 0.297 e. The molecular formula is C34H40FN5O6Si. The Morgan fingerprint density at radius 2 is 1.89 bits per heavy atom. The Morgan fingerprint density at radius 1 is 1.09 bits per heavy atom. The van der Waals surface area contributed by atoms with E-state index in [1.165, 1.54) is 11.7 Å². The van der Waals surface area contributed by atoms with Crippen LogP contribution in [0.1, 0.15) is 30.2 Å². The van der Waals surface area contributed by atoms with Crippen LogP contribution in [0.15, 0.2) is 71.8 Å². The van der Waals surface area contributed by atoms with E-state index in [1.807, 2.05) is 49.4 Å². The van der Waals surface area contributed by atoms with E-state index < -0.39 is 31.6 Å². The highest BCUT2D eigenvalue weighted by atomic mass is 28.4. The third-order valence-electron chi connectivity index (χ3n) is 9.43. The molecule has 2 aliphatic rings. The number of fused-ring (bicyclic) bond motifs is 2. The fourth-order valence-corrected chi connectivity index (χ4v) is 9.88. The number of ether oxygens (including phenoxy) is 3. The van der Waals surface area contributed by atoms with Crippen LogP contribution in [0, 0.1) is 5.92 Å². The Balaban J connectivity index is 1.36. The average Bonchev–Trinajstić information content (AvgIpc) is 3.70. The van der Waals surface area contributed by atoms with E-state index in [2.05, 4.69) is 10.3 Å². The molecular weight excluding hydrogens is 621 g/mol. The van der Waals surface area contributed by atoms with Gasteiger partial charge in [0.25, 0.3) is 11.5 Å². The molecule has 4 heterocycles. The monoisotopic (exact) mass is 661 g/mol. The van der Waals surface area contributed by atoms with Crippen LogP contribution in [0.5, 0.6) is 11.5 Å². The van der Waals surface area contributed by atoms with E-state index in [1.54, 1.807) is 54.3 Å². The van der Waals surface area contributed by atoms with Crippen molar-refractivity contribution in [1.82, 2.24) is 19.6 Å². The first-order valence-corrected chi connectivity index (χ1v) is 18.7. The minimum absolute atomic E-state index is 0.0283. The fraction of sp³-hybridized carbons (Fsp3) is 0.412. The normalized spacial score (nSPS) is 22.2. The molecule has 11 nitrogen and oxygen atoms in total. The average molecular weight is 662 g/mol. The molecule has 1 saturated heterocycles. The number of hydrogen-bond acceptors (Lipinski definition) is 8. The molecule has 0 saturated carbocycles. The lowest BCUT2D eigenvalue weighted by Crippen LogP contribution is -2.45. The lowest BCUT2D eigenvalue weighted by atomic mass is 9.82. The molecule has 1 N–H and O–H groups in total.